The highest BCUT2D eigenvalue weighted by atomic mass is 19.4. The van der Waals surface area contributed by atoms with E-state index in [4.69, 9.17) is 15.2 Å². The lowest BCUT2D eigenvalue weighted by atomic mass is 10.1. The van der Waals surface area contributed by atoms with Crippen molar-refractivity contribution in [2.75, 3.05) is 19.0 Å². The van der Waals surface area contributed by atoms with Gasteiger partial charge in [-0.25, -0.2) is 4.39 Å². The van der Waals surface area contributed by atoms with Gasteiger partial charge in [0.05, 0.1) is 12.7 Å². The van der Waals surface area contributed by atoms with E-state index in [9.17, 15) is 27.2 Å². The summed E-state index contributed by atoms with van der Waals surface area (Å²) in [6.07, 6.45) is -4.93. The fourth-order valence-corrected chi connectivity index (χ4v) is 2.10. The molecule has 3 N–H and O–H groups in total. The summed E-state index contributed by atoms with van der Waals surface area (Å²) in [5.41, 5.74) is 3.21. The van der Waals surface area contributed by atoms with E-state index in [2.05, 4.69) is 5.32 Å². The predicted octanol–water partition coefficient (Wildman–Crippen LogP) is 2.97. The van der Waals surface area contributed by atoms with Gasteiger partial charge >= 0.3 is 6.18 Å². The minimum atomic E-state index is -4.93. The number of hydrogen-bond acceptors (Lipinski definition) is 4. The summed E-state index contributed by atoms with van der Waals surface area (Å²) in [7, 11) is 1.35. The van der Waals surface area contributed by atoms with Gasteiger partial charge in [0.1, 0.15) is 5.82 Å². The van der Waals surface area contributed by atoms with Crippen molar-refractivity contribution in [3.8, 4) is 11.5 Å². The van der Waals surface area contributed by atoms with Gasteiger partial charge in [-0.05, 0) is 30.3 Å². The molecule has 144 valence electrons. The molecule has 0 saturated heterocycles. The van der Waals surface area contributed by atoms with Crippen LogP contribution >= 0.6 is 0 Å². The first-order valence-corrected chi connectivity index (χ1v) is 7.39. The first-order chi connectivity index (χ1) is 12.6. The van der Waals surface area contributed by atoms with E-state index >= 15 is 0 Å². The maximum Gasteiger partial charge on any atom is 0.419 e. The van der Waals surface area contributed by atoms with Crippen molar-refractivity contribution in [3.05, 3.63) is 53.3 Å². The van der Waals surface area contributed by atoms with E-state index in [1.54, 1.807) is 0 Å². The van der Waals surface area contributed by atoms with Crippen molar-refractivity contribution < 1.29 is 36.6 Å². The molecule has 0 heterocycles. The summed E-state index contributed by atoms with van der Waals surface area (Å²) in [6, 6.07) is 6.02. The molecule has 0 fully saturated rings. The van der Waals surface area contributed by atoms with Crippen LogP contribution in [0.4, 0.5) is 23.2 Å². The average Bonchev–Trinajstić information content (AvgIpc) is 2.59. The summed E-state index contributed by atoms with van der Waals surface area (Å²) < 4.78 is 61.8. The van der Waals surface area contributed by atoms with Gasteiger partial charge < -0.3 is 20.5 Å². The first-order valence-electron chi connectivity index (χ1n) is 7.39. The average molecular weight is 386 g/mol. The van der Waals surface area contributed by atoms with Crippen molar-refractivity contribution in [2.24, 2.45) is 5.73 Å². The number of ether oxygens (including phenoxy) is 2. The van der Waals surface area contributed by atoms with Crippen molar-refractivity contribution >= 4 is 17.5 Å². The molecule has 0 spiro atoms. The molecule has 2 aromatic rings. The molecule has 0 unspecified atom stereocenters. The fourth-order valence-electron chi connectivity index (χ4n) is 2.10. The second kappa shape index (κ2) is 7.94. The number of methoxy groups -OCH3 is 1. The van der Waals surface area contributed by atoms with Gasteiger partial charge in [-0.1, -0.05) is 0 Å². The lowest BCUT2D eigenvalue weighted by Gasteiger charge is -2.13. The second-order valence-electron chi connectivity index (χ2n) is 5.27. The largest absolute Gasteiger partial charge is 0.493 e. The van der Waals surface area contributed by atoms with Gasteiger partial charge in [-0.15, -0.1) is 0 Å². The van der Waals surface area contributed by atoms with Crippen LogP contribution in [-0.2, 0) is 11.0 Å². The number of amides is 2. The number of benzene rings is 2. The minimum Gasteiger partial charge on any atom is -0.493 e. The molecule has 0 aromatic heterocycles. The van der Waals surface area contributed by atoms with Crippen LogP contribution in [0.3, 0.4) is 0 Å². The number of primary amides is 1. The summed E-state index contributed by atoms with van der Waals surface area (Å²) in [5, 5.41) is 2.36. The van der Waals surface area contributed by atoms with Crippen LogP contribution in [-0.4, -0.2) is 25.5 Å². The standard InChI is InChI=1S/C17H14F4N2O4/c1-26-13-5-3-10(7-14(13)27-8-15(22)24)23-16(25)9-2-4-12(18)11(6-9)17(19,20)21/h2-7H,8H2,1H3,(H2,22,24)(H,23,25). The highest BCUT2D eigenvalue weighted by Crippen LogP contribution is 2.33. The molecule has 2 amide bonds. The Morgan fingerprint density at radius 2 is 1.81 bits per heavy atom. The first kappa shape index (κ1) is 20.0. The third-order valence-corrected chi connectivity index (χ3v) is 3.33. The highest BCUT2D eigenvalue weighted by Gasteiger charge is 2.34. The lowest BCUT2D eigenvalue weighted by Crippen LogP contribution is -2.20. The van der Waals surface area contributed by atoms with Crippen LogP contribution in [0.25, 0.3) is 0 Å². The van der Waals surface area contributed by atoms with E-state index in [1.807, 2.05) is 0 Å². The molecule has 10 heteroatoms. The number of nitrogens with one attached hydrogen (secondary N) is 1. The molecule has 0 aliphatic carbocycles. The molecule has 2 rings (SSSR count). The summed E-state index contributed by atoms with van der Waals surface area (Å²) >= 11 is 0. The van der Waals surface area contributed by atoms with E-state index < -0.39 is 36.0 Å². The van der Waals surface area contributed by atoms with E-state index in [0.717, 1.165) is 6.07 Å². The molecule has 0 saturated carbocycles. The van der Waals surface area contributed by atoms with Gasteiger partial charge in [0.25, 0.3) is 11.8 Å². The number of nitrogens with two attached hydrogens (primary N) is 1. The summed E-state index contributed by atoms with van der Waals surface area (Å²) in [6.45, 7) is -0.444. The maximum absolute atomic E-state index is 13.3. The van der Waals surface area contributed by atoms with Crippen LogP contribution in [0.1, 0.15) is 15.9 Å². The molecule has 0 radical (unpaired) electrons. The normalized spacial score (nSPS) is 11.0. The number of anilines is 1. The topological polar surface area (TPSA) is 90.7 Å². The fraction of sp³-hybridized carbons (Fsp3) is 0.176. The van der Waals surface area contributed by atoms with Crippen molar-refractivity contribution in [3.63, 3.8) is 0 Å². The van der Waals surface area contributed by atoms with Crippen LogP contribution < -0.4 is 20.5 Å². The number of hydrogen-bond donors (Lipinski definition) is 2. The Bertz CT molecular complexity index is 868. The maximum atomic E-state index is 13.3. The van der Waals surface area contributed by atoms with E-state index in [-0.39, 0.29) is 22.7 Å². The van der Waals surface area contributed by atoms with Crippen LogP contribution in [0.5, 0.6) is 11.5 Å². The van der Waals surface area contributed by atoms with Gasteiger partial charge in [-0.2, -0.15) is 13.2 Å². The van der Waals surface area contributed by atoms with Gasteiger partial charge in [0.15, 0.2) is 18.1 Å². The zero-order valence-corrected chi connectivity index (χ0v) is 13.9. The number of halogens is 4. The van der Waals surface area contributed by atoms with Crippen molar-refractivity contribution in [1.29, 1.82) is 0 Å². The Kier molecular flexibility index (Phi) is 5.88. The second-order valence-corrected chi connectivity index (χ2v) is 5.27. The SMILES string of the molecule is COc1ccc(NC(=O)c2ccc(F)c(C(F)(F)F)c2)cc1OCC(N)=O. The summed E-state index contributed by atoms with van der Waals surface area (Å²) in [5.74, 6) is -2.78. The number of carbonyl (C=O) groups excluding carboxylic acids is 2. The highest BCUT2D eigenvalue weighted by molar-refractivity contribution is 6.04. The molecular formula is C17H14F4N2O4. The Hall–Kier alpha value is -3.30. The van der Waals surface area contributed by atoms with Gasteiger partial charge in [0.2, 0.25) is 0 Å². The molecule has 6 nitrogen and oxygen atoms in total. The molecule has 2 aromatic carbocycles. The Balaban J connectivity index is 2.25. The number of carbonyl (C=O) groups is 2. The third-order valence-electron chi connectivity index (χ3n) is 3.33. The van der Waals surface area contributed by atoms with E-state index in [1.165, 1.54) is 25.3 Å². The van der Waals surface area contributed by atoms with Crippen LogP contribution in [0.15, 0.2) is 36.4 Å². The number of alkyl halides is 3. The zero-order valence-electron chi connectivity index (χ0n) is 13.9. The van der Waals surface area contributed by atoms with E-state index in [0.29, 0.717) is 12.1 Å². The Labute approximate surface area is 150 Å². The molecular weight excluding hydrogens is 372 g/mol. The smallest absolute Gasteiger partial charge is 0.419 e. The van der Waals surface area contributed by atoms with Crippen molar-refractivity contribution in [1.82, 2.24) is 0 Å². The summed E-state index contributed by atoms with van der Waals surface area (Å²) in [4.78, 5) is 23.0. The van der Waals surface area contributed by atoms with Crippen molar-refractivity contribution in [2.45, 2.75) is 6.18 Å². The van der Waals surface area contributed by atoms with Gasteiger partial charge in [0, 0.05) is 17.3 Å². The lowest BCUT2D eigenvalue weighted by molar-refractivity contribution is -0.140. The predicted molar refractivity (Wildman–Crippen MR) is 87.0 cm³/mol. The van der Waals surface area contributed by atoms with Gasteiger partial charge in [-0.3, -0.25) is 9.59 Å². The van der Waals surface area contributed by atoms with Crippen LogP contribution in [0, 0.1) is 5.82 Å². The third kappa shape index (κ3) is 5.09. The molecule has 0 aliphatic rings. The molecule has 27 heavy (non-hydrogen) atoms. The molecule has 0 atom stereocenters. The minimum absolute atomic E-state index is 0.0872. The van der Waals surface area contributed by atoms with Crippen LogP contribution in [0.2, 0.25) is 0 Å². The monoisotopic (exact) mass is 386 g/mol. The Morgan fingerprint density at radius 1 is 1.11 bits per heavy atom. The zero-order chi connectivity index (χ0) is 20.2. The molecule has 0 aliphatic heterocycles. The number of rotatable bonds is 6. The molecule has 0 bridgehead atoms. The Morgan fingerprint density at radius 3 is 2.41 bits per heavy atom. The quantitative estimate of drug-likeness (QED) is 0.747.